The molecule has 1 atom stereocenters. The number of hydrogen-bond acceptors (Lipinski definition) is 4. The Morgan fingerprint density at radius 2 is 2.19 bits per heavy atom. The van der Waals surface area contributed by atoms with Crippen molar-refractivity contribution < 1.29 is 9.53 Å². The highest BCUT2D eigenvalue weighted by molar-refractivity contribution is 5.78. The van der Waals surface area contributed by atoms with E-state index in [4.69, 9.17) is 10.00 Å². The predicted molar refractivity (Wildman–Crippen MR) is 59.7 cm³/mol. The molecule has 0 aromatic rings. The monoisotopic (exact) mass is 225 g/mol. The number of amides is 1. The van der Waals surface area contributed by atoms with Gasteiger partial charge in [0.1, 0.15) is 0 Å². The quantitative estimate of drug-likeness (QED) is 0.672. The Labute approximate surface area is 96.6 Å². The predicted octanol–water partition coefficient (Wildman–Crippen LogP) is -0.0633. The summed E-state index contributed by atoms with van der Waals surface area (Å²) in [5.41, 5.74) is 0. The van der Waals surface area contributed by atoms with Crippen molar-refractivity contribution in [3.63, 3.8) is 0 Å². The molecule has 1 saturated heterocycles. The summed E-state index contributed by atoms with van der Waals surface area (Å²) < 4.78 is 5.19. The van der Waals surface area contributed by atoms with Gasteiger partial charge in [-0.3, -0.25) is 9.69 Å². The highest BCUT2D eigenvalue weighted by Crippen LogP contribution is 2.00. The Hall–Kier alpha value is -1.12. The SMILES string of the molecule is CC(C#N)CN(C)CC(=O)N1CCOCC1. The first kappa shape index (κ1) is 12.9. The normalized spacial score (nSPS) is 18.2. The lowest BCUT2D eigenvalue weighted by atomic mass is 10.2. The molecule has 1 heterocycles. The second-order valence-electron chi connectivity index (χ2n) is 4.22. The van der Waals surface area contributed by atoms with Crippen LogP contribution < -0.4 is 0 Å². The van der Waals surface area contributed by atoms with Crippen molar-refractivity contribution in [3.05, 3.63) is 0 Å². The van der Waals surface area contributed by atoms with Crippen molar-refractivity contribution in [1.29, 1.82) is 5.26 Å². The largest absolute Gasteiger partial charge is 0.378 e. The topological polar surface area (TPSA) is 56.6 Å². The number of morpholine rings is 1. The Balaban J connectivity index is 2.30. The van der Waals surface area contributed by atoms with E-state index in [-0.39, 0.29) is 11.8 Å². The summed E-state index contributed by atoms with van der Waals surface area (Å²) >= 11 is 0. The lowest BCUT2D eigenvalue weighted by molar-refractivity contribution is -0.136. The third kappa shape index (κ3) is 4.17. The fraction of sp³-hybridized carbons (Fsp3) is 0.818. The zero-order valence-corrected chi connectivity index (χ0v) is 9.98. The van der Waals surface area contributed by atoms with Crippen molar-refractivity contribution in [2.45, 2.75) is 6.92 Å². The molecule has 0 bridgehead atoms. The third-order valence-corrected chi connectivity index (χ3v) is 2.57. The van der Waals surface area contributed by atoms with Gasteiger partial charge in [-0.25, -0.2) is 0 Å². The van der Waals surface area contributed by atoms with Gasteiger partial charge in [-0.15, -0.1) is 0 Å². The first-order chi connectivity index (χ1) is 7.63. The minimum Gasteiger partial charge on any atom is -0.378 e. The fourth-order valence-electron chi connectivity index (χ4n) is 1.72. The number of carbonyl (C=O) groups excluding carboxylic acids is 1. The average molecular weight is 225 g/mol. The highest BCUT2D eigenvalue weighted by atomic mass is 16.5. The van der Waals surface area contributed by atoms with E-state index < -0.39 is 0 Å². The minimum atomic E-state index is -0.0394. The molecule has 0 spiro atoms. The minimum absolute atomic E-state index is 0.0394. The van der Waals surface area contributed by atoms with E-state index >= 15 is 0 Å². The summed E-state index contributed by atoms with van der Waals surface area (Å²) in [6.45, 7) is 5.49. The molecule has 5 nitrogen and oxygen atoms in total. The van der Waals surface area contributed by atoms with Gasteiger partial charge in [0, 0.05) is 19.6 Å². The van der Waals surface area contributed by atoms with Gasteiger partial charge >= 0.3 is 0 Å². The zero-order chi connectivity index (χ0) is 12.0. The molecular weight excluding hydrogens is 206 g/mol. The molecule has 0 saturated carbocycles. The molecule has 0 aromatic heterocycles. The summed E-state index contributed by atoms with van der Waals surface area (Å²) in [6.07, 6.45) is 0. The van der Waals surface area contributed by atoms with Crippen LogP contribution in [0.3, 0.4) is 0 Å². The first-order valence-electron chi connectivity index (χ1n) is 5.57. The van der Waals surface area contributed by atoms with Crippen molar-refractivity contribution in [2.75, 3.05) is 46.4 Å². The van der Waals surface area contributed by atoms with Crippen LogP contribution in [0.15, 0.2) is 0 Å². The smallest absolute Gasteiger partial charge is 0.236 e. The Morgan fingerprint density at radius 3 is 2.75 bits per heavy atom. The number of nitrogens with zero attached hydrogens (tertiary/aromatic N) is 3. The van der Waals surface area contributed by atoms with Gasteiger partial charge in [0.15, 0.2) is 0 Å². The van der Waals surface area contributed by atoms with E-state index in [1.807, 2.05) is 23.8 Å². The molecule has 1 unspecified atom stereocenters. The van der Waals surface area contributed by atoms with Crippen molar-refractivity contribution in [3.8, 4) is 6.07 Å². The van der Waals surface area contributed by atoms with Gasteiger partial charge in [0.2, 0.25) is 5.91 Å². The lowest BCUT2D eigenvalue weighted by Crippen LogP contribution is -2.45. The van der Waals surface area contributed by atoms with E-state index in [9.17, 15) is 4.79 Å². The highest BCUT2D eigenvalue weighted by Gasteiger charge is 2.18. The molecule has 0 aromatic carbocycles. The van der Waals surface area contributed by atoms with Gasteiger partial charge in [0.25, 0.3) is 0 Å². The molecule has 1 fully saturated rings. The summed E-state index contributed by atoms with van der Waals surface area (Å²) in [7, 11) is 1.87. The van der Waals surface area contributed by atoms with Crippen LogP contribution in [0.5, 0.6) is 0 Å². The maximum atomic E-state index is 11.8. The van der Waals surface area contributed by atoms with E-state index in [0.29, 0.717) is 39.4 Å². The number of rotatable bonds is 4. The van der Waals surface area contributed by atoms with Gasteiger partial charge < -0.3 is 9.64 Å². The molecule has 1 amide bonds. The summed E-state index contributed by atoms with van der Waals surface area (Å²) in [6, 6.07) is 2.16. The lowest BCUT2D eigenvalue weighted by Gasteiger charge is -2.28. The van der Waals surface area contributed by atoms with E-state index in [1.54, 1.807) is 0 Å². The molecule has 0 radical (unpaired) electrons. The zero-order valence-electron chi connectivity index (χ0n) is 9.98. The number of carbonyl (C=O) groups is 1. The molecule has 90 valence electrons. The number of likely N-dealkylation sites (N-methyl/N-ethyl adjacent to an activating group) is 1. The molecular formula is C11H19N3O2. The number of nitriles is 1. The van der Waals surface area contributed by atoms with E-state index in [0.717, 1.165) is 0 Å². The summed E-state index contributed by atoms with van der Waals surface area (Å²) in [4.78, 5) is 15.5. The van der Waals surface area contributed by atoms with Gasteiger partial charge in [0.05, 0.1) is 31.7 Å². The Kier molecular flexibility index (Phi) is 5.23. The van der Waals surface area contributed by atoms with Crippen LogP contribution in [0.4, 0.5) is 0 Å². The molecule has 16 heavy (non-hydrogen) atoms. The Bertz CT molecular complexity index is 269. The van der Waals surface area contributed by atoms with Crippen LogP contribution in [0.2, 0.25) is 0 Å². The van der Waals surface area contributed by atoms with Crippen molar-refractivity contribution in [1.82, 2.24) is 9.80 Å². The third-order valence-electron chi connectivity index (χ3n) is 2.57. The molecule has 1 aliphatic rings. The molecule has 0 N–H and O–H groups in total. The molecule has 5 heteroatoms. The van der Waals surface area contributed by atoms with Crippen LogP contribution in [-0.2, 0) is 9.53 Å². The van der Waals surface area contributed by atoms with Crippen LogP contribution in [0.1, 0.15) is 6.92 Å². The van der Waals surface area contributed by atoms with Gasteiger partial charge in [-0.2, -0.15) is 5.26 Å². The van der Waals surface area contributed by atoms with Gasteiger partial charge in [-0.1, -0.05) is 0 Å². The first-order valence-corrected chi connectivity index (χ1v) is 5.57. The average Bonchev–Trinajstić information content (AvgIpc) is 2.29. The van der Waals surface area contributed by atoms with Crippen LogP contribution in [0.25, 0.3) is 0 Å². The second-order valence-corrected chi connectivity index (χ2v) is 4.22. The van der Waals surface area contributed by atoms with Crippen LogP contribution in [-0.4, -0.2) is 62.1 Å². The fourth-order valence-corrected chi connectivity index (χ4v) is 1.72. The number of hydrogen-bond donors (Lipinski definition) is 0. The summed E-state index contributed by atoms with van der Waals surface area (Å²) in [5, 5.41) is 8.68. The van der Waals surface area contributed by atoms with Crippen LogP contribution in [0, 0.1) is 17.2 Å². The van der Waals surface area contributed by atoms with Crippen molar-refractivity contribution >= 4 is 5.91 Å². The molecule has 1 rings (SSSR count). The van der Waals surface area contributed by atoms with E-state index in [1.165, 1.54) is 0 Å². The standard InChI is InChI=1S/C11H19N3O2/c1-10(7-12)8-13(2)9-11(15)14-3-5-16-6-4-14/h10H,3-6,8-9H2,1-2H3. The van der Waals surface area contributed by atoms with Gasteiger partial charge in [-0.05, 0) is 14.0 Å². The van der Waals surface area contributed by atoms with Crippen molar-refractivity contribution in [2.24, 2.45) is 5.92 Å². The van der Waals surface area contributed by atoms with E-state index in [2.05, 4.69) is 6.07 Å². The molecule has 1 aliphatic heterocycles. The summed E-state index contributed by atoms with van der Waals surface area (Å²) in [5.74, 6) is 0.0819. The second kappa shape index (κ2) is 6.46. The maximum absolute atomic E-state index is 11.8. The Morgan fingerprint density at radius 1 is 1.56 bits per heavy atom. The maximum Gasteiger partial charge on any atom is 0.236 e. The van der Waals surface area contributed by atoms with Crippen LogP contribution >= 0.6 is 0 Å². The number of ether oxygens (including phenoxy) is 1. The molecule has 0 aliphatic carbocycles.